The largest absolute Gasteiger partial charge is 0.465 e. The molecule has 0 aliphatic rings. The summed E-state index contributed by atoms with van der Waals surface area (Å²) >= 11 is 1.03. The van der Waals surface area contributed by atoms with E-state index in [4.69, 9.17) is 0 Å². The first-order valence-corrected chi connectivity index (χ1v) is 7.33. The van der Waals surface area contributed by atoms with Gasteiger partial charge < -0.3 is 14.6 Å². The number of nitrogens with one attached hydrogen (secondary N) is 1. The number of nitrogens with zero attached hydrogens (tertiary/aromatic N) is 1. The zero-order chi connectivity index (χ0) is 17.9. The van der Waals surface area contributed by atoms with Crippen molar-refractivity contribution < 1.29 is 27.5 Å². The first-order chi connectivity index (χ1) is 11.2. The fourth-order valence-corrected chi connectivity index (χ4v) is 2.59. The van der Waals surface area contributed by atoms with Crippen molar-refractivity contribution in [1.29, 1.82) is 0 Å². The van der Waals surface area contributed by atoms with Gasteiger partial charge in [-0.15, -0.1) is 11.3 Å². The number of carbonyl (C=O) groups is 2. The molecule has 0 unspecified atom stereocenters. The van der Waals surface area contributed by atoms with E-state index in [1.807, 2.05) is 0 Å². The molecule has 1 amide bonds. The number of methoxy groups -OCH3 is 1. The van der Waals surface area contributed by atoms with Gasteiger partial charge in [-0.3, -0.25) is 9.59 Å². The van der Waals surface area contributed by atoms with Crippen LogP contribution in [0.1, 0.15) is 15.2 Å². The van der Waals surface area contributed by atoms with Gasteiger partial charge in [0.2, 0.25) is 5.91 Å². The Kier molecular flexibility index (Phi) is 5.07. The highest BCUT2D eigenvalue weighted by Crippen LogP contribution is 2.28. The molecule has 0 bridgehead atoms. The predicted molar refractivity (Wildman–Crippen MR) is 80.0 cm³/mol. The van der Waals surface area contributed by atoms with Crippen LogP contribution in [0.4, 0.5) is 18.9 Å². The molecule has 0 aromatic carbocycles. The number of amides is 1. The molecule has 0 aliphatic heterocycles. The van der Waals surface area contributed by atoms with E-state index < -0.39 is 35.7 Å². The molecular weight excluding hydrogens is 349 g/mol. The van der Waals surface area contributed by atoms with E-state index in [0.29, 0.717) is 16.8 Å². The molecule has 0 atom stereocenters. The molecule has 0 radical (unpaired) electrons. The van der Waals surface area contributed by atoms with Crippen LogP contribution in [0.25, 0.3) is 0 Å². The SMILES string of the molecule is COC(=O)c1sccc1NC(=O)Cn1cc(C(F)(F)F)ccc1=O. The minimum Gasteiger partial charge on any atom is -0.465 e. The van der Waals surface area contributed by atoms with Crippen molar-refractivity contribution in [3.8, 4) is 0 Å². The molecule has 0 aliphatic carbocycles. The summed E-state index contributed by atoms with van der Waals surface area (Å²) in [6, 6.07) is 2.83. The van der Waals surface area contributed by atoms with Crippen molar-refractivity contribution in [3.63, 3.8) is 0 Å². The zero-order valence-electron chi connectivity index (χ0n) is 12.2. The smallest absolute Gasteiger partial charge is 0.417 e. The van der Waals surface area contributed by atoms with Gasteiger partial charge >= 0.3 is 12.1 Å². The molecule has 10 heteroatoms. The molecule has 1 N–H and O–H groups in total. The van der Waals surface area contributed by atoms with Gasteiger partial charge in [-0.1, -0.05) is 0 Å². The number of halogens is 3. The van der Waals surface area contributed by atoms with E-state index in [-0.39, 0.29) is 10.6 Å². The maximum Gasteiger partial charge on any atom is 0.417 e. The van der Waals surface area contributed by atoms with E-state index in [9.17, 15) is 27.6 Å². The molecule has 2 rings (SSSR count). The van der Waals surface area contributed by atoms with Crippen molar-refractivity contribution in [1.82, 2.24) is 4.57 Å². The number of hydrogen-bond donors (Lipinski definition) is 1. The number of aromatic nitrogens is 1. The quantitative estimate of drug-likeness (QED) is 0.849. The van der Waals surface area contributed by atoms with Crippen LogP contribution in [0, 0.1) is 0 Å². The van der Waals surface area contributed by atoms with E-state index >= 15 is 0 Å². The van der Waals surface area contributed by atoms with Crippen LogP contribution >= 0.6 is 11.3 Å². The molecule has 24 heavy (non-hydrogen) atoms. The van der Waals surface area contributed by atoms with Gasteiger partial charge in [0.25, 0.3) is 5.56 Å². The number of esters is 1. The summed E-state index contributed by atoms with van der Waals surface area (Å²) in [5, 5.41) is 3.91. The van der Waals surface area contributed by atoms with Crippen LogP contribution in [-0.4, -0.2) is 23.6 Å². The fraction of sp³-hybridized carbons (Fsp3) is 0.214. The number of anilines is 1. The van der Waals surface area contributed by atoms with E-state index in [1.165, 1.54) is 18.6 Å². The molecule has 2 aromatic heterocycles. The number of carbonyl (C=O) groups excluding carboxylic acids is 2. The molecule has 0 spiro atoms. The molecule has 0 saturated heterocycles. The number of pyridine rings is 1. The Bertz CT molecular complexity index is 826. The first-order valence-electron chi connectivity index (χ1n) is 6.45. The predicted octanol–water partition coefficient (Wildman–Crippen LogP) is 2.35. The molecule has 0 saturated carbocycles. The Labute approximate surface area is 137 Å². The van der Waals surface area contributed by atoms with Crippen molar-refractivity contribution >= 4 is 28.9 Å². The summed E-state index contributed by atoms with van der Waals surface area (Å²) in [7, 11) is 1.18. The minimum absolute atomic E-state index is 0.141. The summed E-state index contributed by atoms with van der Waals surface area (Å²) in [5.41, 5.74) is -1.63. The number of alkyl halides is 3. The number of ether oxygens (including phenoxy) is 1. The van der Waals surface area contributed by atoms with Gasteiger partial charge in [-0.05, 0) is 17.5 Å². The van der Waals surface area contributed by atoms with Gasteiger partial charge in [-0.25, -0.2) is 4.79 Å². The van der Waals surface area contributed by atoms with Gasteiger partial charge in [0.05, 0.1) is 18.4 Å². The van der Waals surface area contributed by atoms with Crippen LogP contribution in [0.2, 0.25) is 0 Å². The third-order valence-corrected chi connectivity index (χ3v) is 3.83. The van der Waals surface area contributed by atoms with Crippen molar-refractivity contribution in [3.05, 3.63) is 50.6 Å². The van der Waals surface area contributed by atoms with Gasteiger partial charge in [-0.2, -0.15) is 13.2 Å². The van der Waals surface area contributed by atoms with Gasteiger partial charge in [0, 0.05) is 12.3 Å². The molecular formula is C14H11F3N2O4S. The topological polar surface area (TPSA) is 77.4 Å². The molecule has 128 valence electrons. The van der Waals surface area contributed by atoms with Crippen molar-refractivity contribution in [2.75, 3.05) is 12.4 Å². The third kappa shape index (κ3) is 4.02. The minimum atomic E-state index is -4.63. The maximum absolute atomic E-state index is 12.7. The van der Waals surface area contributed by atoms with Crippen molar-refractivity contribution in [2.45, 2.75) is 12.7 Å². The van der Waals surface area contributed by atoms with E-state index in [2.05, 4.69) is 10.1 Å². The normalized spacial score (nSPS) is 11.2. The number of hydrogen-bond acceptors (Lipinski definition) is 5. The molecule has 6 nitrogen and oxygen atoms in total. The monoisotopic (exact) mass is 360 g/mol. The van der Waals surface area contributed by atoms with E-state index in [1.54, 1.807) is 0 Å². The summed E-state index contributed by atoms with van der Waals surface area (Å²) in [6.45, 7) is -0.626. The van der Waals surface area contributed by atoms with Gasteiger partial charge in [0.1, 0.15) is 11.4 Å². The maximum atomic E-state index is 12.7. The first kappa shape index (κ1) is 17.7. The Morgan fingerprint density at radius 3 is 2.62 bits per heavy atom. The van der Waals surface area contributed by atoms with Crippen LogP contribution in [0.15, 0.2) is 34.6 Å². The second-order valence-corrected chi connectivity index (χ2v) is 5.50. The standard InChI is InChI=1S/C14H11F3N2O4S/c1-23-13(22)12-9(4-5-24-12)18-10(20)7-19-6-8(14(15,16)17)2-3-11(19)21/h2-6H,7H2,1H3,(H,18,20). The Morgan fingerprint density at radius 1 is 1.29 bits per heavy atom. The lowest BCUT2D eigenvalue weighted by Crippen LogP contribution is -2.28. The third-order valence-electron chi connectivity index (χ3n) is 2.93. The highest BCUT2D eigenvalue weighted by molar-refractivity contribution is 7.12. The molecule has 0 fully saturated rings. The van der Waals surface area contributed by atoms with Crippen LogP contribution in [-0.2, 0) is 22.3 Å². The average molecular weight is 360 g/mol. The second-order valence-electron chi connectivity index (χ2n) is 4.58. The molecule has 2 heterocycles. The summed E-state index contributed by atoms with van der Waals surface area (Å²) < 4.78 is 43.2. The Morgan fingerprint density at radius 2 is 2.00 bits per heavy atom. The lowest BCUT2D eigenvalue weighted by atomic mass is 10.2. The van der Waals surface area contributed by atoms with Crippen LogP contribution in [0.5, 0.6) is 0 Å². The highest BCUT2D eigenvalue weighted by atomic mass is 32.1. The molecule has 2 aromatic rings. The van der Waals surface area contributed by atoms with Crippen molar-refractivity contribution in [2.24, 2.45) is 0 Å². The summed E-state index contributed by atoms with van der Waals surface area (Å²) in [5.74, 6) is -1.41. The fourth-order valence-electron chi connectivity index (χ4n) is 1.83. The number of rotatable bonds is 4. The lowest BCUT2D eigenvalue weighted by molar-refractivity contribution is -0.138. The van der Waals surface area contributed by atoms with E-state index in [0.717, 1.165) is 17.4 Å². The summed E-state index contributed by atoms with van der Waals surface area (Å²) in [6.07, 6.45) is -4.06. The second kappa shape index (κ2) is 6.87. The highest BCUT2D eigenvalue weighted by Gasteiger charge is 2.31. The number of thiophene rings is 1. The average Bonchev–Trinajstić information content (AvgIpc) is 2.95. The summed E-state index contributed by atoms with van der Waals surface area (Å²) in [4.78, 5) is 35.2. The van der Waals surface area contributed by atoms with Crippen LogP contribution in [0.3, 0.4) is 0 Å². The zero-order valence-corrected chi connectivity index (χ0v) is 13.0. The Hall–Kier alpha value is -2.62. The Balaban J connectivity index is 2.18. The lowest BCUT2D eigenvalue weighted by Gasteiger charge is -2.11. The van der Waals surface area contributed by atoms with Crippen LogP contribution < -0.4 is 10.9 Å². The van der Waals surface area contributed by atoms with Gasteiger partial charge in [0.15, 0.2) is 0 Å².